The first-order valence-electron chi connectivity index (χ1n) is 8.98. The summed E-state index contributed by atoms with van der Waals surface area (Å²) in [4.78, 5) is 24.0. The number of esters is 1. The molecule has 0 aliphatic rings. The summed E-state index contributed by atoms with van der Waals surface area (Å²) < 4.78 is 45.2. The summed E-state index contributed by atoms with van der Waals surface area (Å²) in [6, 6.07) is 10.1. The highest BCUT2D eigenvalue weighted by atomic mass is 32.2. The molecule has 156 valence electrons. The number of Topliss-reactive ketones (excluding diaryl/α,β-unsaturated/α-hetero) is 1. The molecule has 2 rings (SSSR count). The normalized spacial score (nSPS) is 13.0. The van der Waals surface area contributed by atoms with Crippen LogP contribution in [0, 0.1) is 5.82 Å². The fourth-order valence-corrected chi connectivity index (χ4v) is 3.68. The molecule has 0 bridgehead atoms. The molecule has 1 atom stereocenters. The monoisotopic (exact) mass is 421 g/mol. The van der Waals surface area contributed by atoms with E-state index in [4.69, 9.17) is 4.74 Å². The number of nitrogens with one attached hydrogen (secondary N) is 1. The second kappa shape index (κ2) is 8.84. The van der Waals surface area contributed by atoms with Crippen LogP contribution < -0.4 is 4.72 Å². The summed E-state index contributed by atoms with van der Waals surface area (Å²) in [6.45, 7) is 6.73. The topological polar surface area (TPSA) is 89.5 Å². The molecule has 0 aliphatic carbocycles. The van der Waals surface area contributed by atoms with Gasteiger partial charge in [-0.1, -0.05) is 45.0 Å². The summed E-state index contributed by atoms with van der Waals surface area (Å²) in [5, 5.41) is 0. The lowest BCUT2D eigenvalue weighted by Gasteiger charge is -2.19. The molecule has 8 heteroatoms. The van der Waals surface area contributed by atoms with E-state index in [1.165, 1.54) is 37.3 Å². The van der Waals surface area contributed by atoms with Crippen molar-refractivity contribution in [3.05, 3.63) is 65.5 Å². The van der Waals surface area contributed by atoms with Gasteiger partial charge in [0.15, 0.2) is 12.4 Å². The number of halogens is 1. The number of carbonyl (C=O) groups excluding carboxylic acids is 2. The van der Waals surface area contributed by atoms with Gasteiger partial charge in [0.2, 0.25) is 10.0 Å². The van der Waals surface area contributed by atoms with Gasteiger partial charge in [-0.25, -0.2) is 12.8 Å². The minimum absolute atomic E-state index is 0.0148. The van der Waals surface area contributed by atoms with Crippen LogP contribution in [0.4, 0.5) is 4.39 Å². The van der Waals surface area contributed by atoms with Gasteiger partial charge in [-0.15, -0.1) is 0 Å². The maximum Gasteiger partial charge on any atom is 0.324 e. The summed E-state index contributed by atoms with van der Waals surface area (Å²) >= 11 is 0. The Hall–Kier alpha value is -2.58. The minimum Gasteiger partial charge on any atom is -0.456 e. The smallest absolute Gasteiger partial charge is 0.324 e. The van der Waals surface area contributed by atoms with Gasteiger partial charge in [-0.2, -0.15) is 4.72 Å². The summed E-state index contributed by atoms with van der Waals surface area (Å²) in [5.41, 5.74) is 0.908. The minimum atomic E-state index is -3.95. The van der Waals surface area contributed by atoms with Gasteiger partial charge in [-0.05, 0) is 42.2 Å². The molecule has 0 spiro atoms. The predicted octanol–water partition coefficient (Wildman–Crippen LogP) is 3.22. The predicted molar refractivity (Wildman–Crippen MR) is 107 cm³/mol. The Morgan fingerprint density at radius 2 is 1.72 bits per heavy atom. The number of carbonyl (C=O) groups is 2. The van der Waals surface area contributed by atoms with Crippen LogP contribution in [-0.4, -0.2) is 32.8 Å². The van der Waals surface area contributed by atoms with Crippen LogP contribution in [0.15, 0.2) is 53.4 Å². The van der Waals surface area contributed by atoms with E-state index in [0.717, 1.165) is 11.6 Å². The average Bonchev–Trinajstić information content (AvgIpc) is 2.64. The molecule has 0 aliphatic heterocycles. The molecular formula is C21H24FNO5S. The van der Waals surface area contributed by atoms with E-state index in [-0.39, 0.29) is 15.9 Å². The van der Waals surface area contributed by atoms with Crippen molar-refractivity contribution in [1.82, 2.24) is 4.72 Å². The van der Waals surface area contributed by atoms with E-state index in [9.17, 15) is 22.4 Å². The highest BCUT2D eigenvalue weighted by Crippen LogP contribution is 2.23. The molecule has 0 heterocycles. The first kappa shape index (κ1) is 22.7. The maximum atomic E-state index is 13.2. The summed E-state index contributed by atoms with van der Waals surface area (Å²) in [7, 11) is -3.95. The Morgan fingerprint density at radius 1 is 1.10 bits per heavy atom. The van der Waals surface area contributed by atoms with E-state index in [1.54, 1.807) is 12.1 Å². The van der Waals surface area contributed by atoms with Gasteiger partial charge < -0.3 is 4.74 Å². The number of hydrogen-bond acceptors (Lipinski definition) is 5. The van der Waals surface area contributed by atoms with Gasteiger partial charge in [0.05, 0.1) is 4.90 Å². The third kappa shape index (κ3) is 6.20. The molecule has 0 saturated carbocycles. The molecule has 0 aromatic heterocycles. The molecule has 29 heavy (non-hydrogen) atoms. The molecule has 2 aromatic carbocycles. The Bertz CT molecular complexity index is 994. The molecule has 0 amide bonds. The van der Waals surface area contributed by atoms with E-state index in [2.05, 4.69) is 4.72 Å². The van der Waals surface area contributed by atoms with Gasteiger partial charge >= 0.3 is 5.97 Å². The molecular weight excluding hydrogens is 397 g/mol. The highest BCUT2D eigenvalue weighted by Gasteiger charge is 2.24. The first-order valence-corrected chi connectivity index (χ1v) is 10.5. The zero-order valence-electron chi connectivity index (χ0n) is 16.7. The van der Waals surface area contributed by atoms with Crippen molar-refractivity contribution in [2.75, 3.05) is 6.61 Å². The first-order chi connectivity index (χ1) is 13.4. The Kier molecular flexibility index (Phi) is 6.92. The van der Waals surface area contributed by atoms with Gasteiger partial charge in [0.25, 0.3) is 0 Å². The average molecular weight is 421 g/mol. The van der Waals surface area contributed by atoms with Crippen molar-refractivity contribution in [1.29, 1.82) is 0 Å². The highest BCUT2D eigenvalue weighted by molar-refractivity contribution is 7.89. The van der Waals surface area contributed by atoms with Crippen molar-refractivity contribution >= 4 is 21.8 Å². The summed E-state index contributed by atoms with van der Waals surface area (Å²) in [6.07, 6.45) is 0. The van der Waals surface area contributed by atoms with Crippen molar-refractivity contribution in [3.8, 4) is 0 Å². The van der Waals surface area contributed by atoms with E-state index in [1.807, 2.05) is 20.8 Å². The van der Waals surface area contributed by atoms with Gasteiger partial charge in [0.1, 0.15) is 11.9 Å². The molecule has 2 aromatic rings. The Morgan fingerprint density at radius 3 is 2.28 bits per heavy atom. The number of hydrogen-bond donors (Lipinski definition) is 1. The Balaban J connectivity index is 1.98. The van der Waals surface area contributed by atoms with Crippen molar-refractivity contribution in [3.63, 3.8) is 0 Å². The zero-order chi connectivity index (χ0) is 21.8. The summed E-state index contributed by atoms with van der Waals surface area (Å²) in [5.74, 6) is -2.09. The quantitative estimate of drug-likeness (QED) is 0.548. The van der Waals surface area contributed by atoms with Crippen LogP contribution in [-0.2, 0) is 25.0 Å². The largest absolute Gasteiger partial charge is 0.456 e. The third-order valence-corrected chi connectivity index (χ3v) is 5.76. The van der Waals surface area contributed by atoms with E-state index in [0.29, 0.717) is 0 Å². The number of rotatable bonds is 7. The van der Waals surface area contributed by atoms with Crippen LogP contribution in [0.25, 0.3) is 0 Å². The van der Waals surface area contributed by atoms with Crippen molar-refractivity contribution in [2.24, 2.45) is 0 Å². The van der Waals surface area contributed by atoms with Crippen molar-refractivity contribution in [2.45, 2.75) is 44.0 Å². The van der Waals surface area contributed by atoms with Crippen molar-refractivity contribution < 1.29 is 27.1 Å². The standard InChI is InChI=1S/C21H24FNO5S/c1-14(20(25)28-13-19(24)15-6-5-7-17(22)12-15)23-29(26,27)18-10-8-16(9-11-18)21(2,3)4/h5-12,14,23H,13H2,1-4H3/t14-/m0/s1. The third-order valence-electron chi connectivity index (χ3n) is 4.21. The van der Waals surface area contributed by atoms with Crippen LogP contribution in [0.2, 0.25) is 0 Å². The van der Waals surface area contributed by atoms with E-state index < -0.39 is 40.2 Å². The second-order valence-corrected chi connectivity index (χ2v) is 9.37. The molecule has 0 unspecified atom stereocenters. The molecule has 0 fully saturated rings. The number of ether oxygens (including phenoxy) is 1. The fraction of sp³-hybridized carbons (Fsp3) is 0.333. The zero-order valence-corrected chi connectivity index (χ0v) is 17.5. The van der Waals surface area contributed by atoms with Gasteiger partial charge in [-0.3, -0.25) is 9.59 Å². The van der Waals surface area contributed by atoms with E-state index >= 15 is 0 Å². The van der Waals surface area contributed by atoms with Gasteiger partial charge in [0, 0.05) is 5.56 Å². The fourth-order valence-electron chi connectivity index (χ4n) is 2.49. The molecule has 6 nitrogen and oxygen atoms in total. The van der Waals surface area contributed by atoms with Crippen LogP contribution >= 0.6 is 0 Å². The second-order valence-electron chi connectivity index (χ2n) is 7.66. The van der Waals surface area contributed by atoms with Crippen LogP contribution in [0.5, 0.6) is 0 Å². The lowest BCUT2D eigenvalue weighted by molar-refractivity contribution is -0.144. The Labute approximate surface area is 170 Å². The van der Waals surface area contributed by atoms with Crippen LogP contribution in [0.1, 0.15) is 43.6 Å². The lowest BCUT2D eigenvalue weighted by Crippen LogP contribution is -2.40. The SMILES string of the molecule is C[C@H](NS(=O)(=O)c1ccc(C(C)(C)C)cc1)C(=O)OCC(=O)c1cccc(F)c1. The number of sulfonamides is 1. The van der Waals surface area contributed by atoms with Crippen LogP contribution in [0.3, 0.4) is 0 Å². The number of benzene rings is 2. The molecule has 0 saturated heterocycles. The maximum absolute atomic E-state index is 13.2. The molecule has 1 N–H and O–H groups in total. The lowest BCUT2D eigenvalue weighted by atomic mass is 9.87. The molecule has 0 radical (unpaired) electrons. The number of ketones is 1.